The van der Waals surface area contributed by atoms with E-state index in [4.69, 9.17) is 0 Å². The van der Waals surface area contributed by atoms with Gasteiger partial charge in [0.15, 0.2) is 0 Å². The van der Waals surface area contributed by atoms with Crippen LogP contribution in [0.25, 0.3) is 10.2 Å². The van der Waals surface area contributed by atoms with Crippen LogP contribution in [0.1, 0.15) is 40.3 Å². The monoisotopic (exact) mass is 450 g/mol. The number of thiophene rings is 1. The van der Waals surface area contributed by atoms with E-state index in [-0.39, 0.29) is 29.4 Å². The van der Waals surface area contributed by atoms with Crippen LogP contribution < -0.4 is 16.0 Å². The van der Waals surface area contributed by atoms with E-state index in [1.54, 1.807) is 31.2 Å². The molecule has 31 heavy (non-hydrogen) atoms. The Labute approximate surface area is 180 Å². The molecule has 0 saturated heterocycles. The maximum Gasteiger partial charge on any atom is 0.433 e. The second-order valence-corrected chi connectivity index (χ2v) is 8.23. The Hall–Kier alpha value is -3.14. The van der Waals surface area contributed by atoms with Crippen LogP contribution in [-0.2, 0) is 12.7 Å². The molecule has 164 valence electrons. The van der Waals surface area contributed by atoms with Gasteiger partial charge in [-0.3, -0.25) is 4.79 Å². The minimum atomic E-state index is -4.54. The molecule has 0 aliphatic carbocycles. The summed E-state index contributed by atoms with van der Waals surface area (Å²) >= 11 is 0.934. The van der Waals surface area contributed by atoms with Crippen molar-refractivity contribution in [1.29, 1.82) is 0 Å². The van der Waals surface area contributed by atoms with Crippen molar-refractivity contribution in [3.63, 3.8) is 0 Å². The van der Waals surface area contributed by atoms with Gasteiger partial charge in [-0.1, -0.05) is 12.1 Å². The minimum Gasteiger partial charge on any atom is -0.347 e. The molecule has 1 aromatic carbocycles. The molecule has 10 heteroatoms. The first-order chi connectivity index (χ1) is 14.5. The molecule has 0 aliphatic rings. The number of aryl methyl sites for hydroxylation is 1. The largest absolute Gasteiger partial charge is 0.433 e. The van der Waals surface area contributed by atoms with Crippen LogP contribution in [0.15, 0.2) is 36.4 Å². The molecule has 0 atom stereocenters. The third kappa shape index (κ3) is 5.52. The Balaban J connectivity index is 1.66. The van der Waals surface area contributed by atoms with E-state index in [0.717, 1.165) is 23.0 Å². The van der Waals surface area contributed by atoms with E-state index >= 15 is 0 Å². The van der Waals surface area contributed by atoms with Crippen LogP contribution in [0, 0.1) is 6.92 Å². The summed E-state index contributed by atoms with van der Waals surface area (Å²) < 4.78 is 38.6. The fraction of sp³-hybridized carbons (Fsp3) is 0.286. The number of hydrogen-bond donors (Lipinski definition) is 3. The van der Waals surface area contributed by atoms with Crippen LogP contribution in [0.5, 0.6) is 0 Å². The first-order valence-corrected chi connectivity index (χ1v) is 10.3. The van der Waals surface area contributed by atoms with Gasteiger partial charge in [0.25, 0.3) is 5.91 Å². The number of hydrogen-bond acceptors (Lipinski definition) is 4. The van der Waals surface area contributed by atoms with E-state index in [0.29, 0.717) is 21.5 Å². The fourth-order valence-electron chi connectivity index (χ4n) is 2.87. The molecule has 0 radical (unpaired) electrons. The van der Waals surface area contributed by atoms with Crippen molar-refractivity contribution in [2.45, 2.75) is 39.5 Å². The van der Waals surface area contributed by atoms with Crippen molar-refractivity contribution >= 4 is 39.2 Å². The molecule has 6 nitrogen and oxygen atoms in total. The zero-order chi connectivity index (χ0) is 22.8. The number of fused-ring (bicyclic) bond motifs is 1. The molecule has 0 aliphatic heterocycles. The lowest BCUT2D eigenvalue weighted by Gasteiger charge is -2.10. The van der Waals surface area contributed by atoms with Gasteiger partial charge in [0.05, 0.1) is 4.88 Å². The lowest BCUT2D eigenvalue weighted by Crippen LogP contribution is -2.34. The number of carbonyl (C=O) groups excluding carboxylic acids is 2. The highest BCUT2D eigenvalue weighted by atomic mass is 32.1. The van der Waals surface area contributed by atoms with Crippen molar-refractivity contribution in [3.05, 3.63) is 58.1 Å². The summed E-state index contributed by atoms with van der Waals surface area (Å²) in [6.45, 7) is 5.63. The number of nitrogens with one attached hydrogen (secondary N) is 3. The highest BCUT2D eigenvalue weighted by Gasteiger charge is 2.33. The standard InChI is InChI=1S/C21H21F3N4O2S/c1-11(2)26-20(30)27-14-6-4-13(5-7-14)10-25-18(29)17-12(3)15-8-9-16(21(22,23)24)28-19(15)31-17/h4-9,11H,10H2,1-3H3,(H,25,29)(H2,26,27,30). The smallest absolute Gasteiger partial charge is 0.347 e. The van der Waals surface area contributed by atoms with Gasteiger partial charge in [0.2, 0.25) is 0 Å². The zero-order valence-electron chi connectivity index (χ0n) is 17.1. The predicted octanol–water partition coefficient (Wildman–Crippen LogP) is 5.08. The second-order valence-electron chi connectivity index (χ2n) is 7.24. The molecule has 0 saturated carbocycles. The molecule has 0 fully saturated rings. The maximum atomic E-state index is 12.9. The summed E-state index contributed by atoms with van der Waals surface area (Å²) in [6, 6.07) is 8.93. The Bertz CT molecular complexity index is 1110. The lowest BCUT2D eigenvalue weighted by atomic mass is 10.1. The fourth-order valence-corrected chi connectivity index (χ4v) is 3.97. The number of pyridine rings is 1. The van der Waals surface area contributed by atoms with E-state index in [1.807, 2.05) is 13.8 Å². The summed E-state index contributed by atoms with van der Waals surface area (Å²) in [6.07, 6.45) is -4.54. The number of amides is 3. The molecule has 0 spiro atoms. The van der Waals surface area contributed by atoms with Gasteiger partial charge < -0.3 is 16.0 Å². The zero-order valence-corrected chi connectivity index (χ0v) is 17.9. The number of alkyl halides is 3. The van der Waals surface area contributed by atoms with Crippen LogP contribution in [0.4, 0.5) is 23.7 Å². The molecule has 3 amide bonds. The Kier molecular flexibility index (Phi) is 6.49. The highest BCUT2D eigenvalue weighted by molar-refractivity contribution is 7.20. The van der Waals surface area contributed by atoms with E-state index < -0.39 is 11.9 Å². The molecule has 3 N–H and O–H groups in total. The highest BCUT2D eigenvalue weighted by Crippen LogP contribution is 2.34. The lowest BCUT2D eigenvalue weighted by molar-refractivity contribution is -0.140. The number of rotatable bonds is 5. The Morgan fingerprint density at radius 1 is 1.10 bits per heavy atom. The number of aromatic nitrogens is 1. The van der Waals surface area contributed by atoms with Crippen molar-refractivity contribution < 1.29 is 22.8 Å². The van der Waals surface area contributed by atoms with Crippen LogP contribution >= 0.6 is 11.3 Å². The Morgan fingerprint density at radius 2 is 1.77 bits per heavy atom. The van der Waals surface area contributed by atoms with Crippen LogP contribution in [0.2, 0.25) is 0 Å². The summed E-state index contributed by atoms with van der Waals surface area (Å²) in [7, 11) is 0. The number of halogens is 3. The van der Waals surface area contributed by atoms with E-state index in [1.165, 1.54) is 6.07 Å². The van der Waals surface area contributed by atoms with E-state index in [9.17, 15) is 22.8 Å². The normalized spacial score (nSPS) is 11.6. The summed E-state index contributed by atoms with van der Waals surface area (Å²) in [5, 5.41) is 8.72. The summed E-state index contributed by atoms with van der Waals surface area (Å²) in [5.74, 6) is -0.382. The van der Waals surface area contributed by atoms with Crippen molar-refractivity contribution in [1.82, 2.24) is 15.6 Å². The SMILES string of the molecule is Cc1c(C(=O)NCc2ccc(NC(=O)NC(C)C)cc2)sc2nc(C(F)(F)F)ccc12. The van der Waals surface area contributed by atoms with E-state index in [2.05, 4.69) is 20.9 Å². The third-order valence-electron chi connectivity index (χ3n) is 4.38. The molecule has 3 aromatic rings. The van der Waals surface area contributed by atoms with Crippen molar-refractivity contribution in [2.75, 3.05) is 5.32 Å². The molecule has 0 bridgehead atoms. The van der Waals surface area contributed by atoms with Crippen molar-refractivity contribution in [3.8, 4) is 0 Å². The second kappa shape index (κ2) is 8.93. The number of nitrogens with zero attached hydrogens (tertiary/aromatic N) is 1. The topological polar surface area (TPSA) is 83.1 Å². The van der Waals surface area contributed by atoms with Gasteiger partial charge in [-0.05, 0) is 56.2 Å². The third-order valence-corrected chi connectivity index (χ3v) is 5.59. The average molecular weight is 450 g/mol. The Morgan fingerprint density at radius 3 is 2.39 bits per heavy atom. The van der Waals surface area contributed by atoms with Crippen LogP contribution in [-0.4, -0.2) is 23.0 Å². The number of anilines is 1. The van der Waals surface area contributed by atoms with Gasteiger partial charge in [-0.2, -0.15) is 13.2 Å². The van der Waals surface area contributed by atoms with Crippen LogP contribution in [0.3, 0.4) is 0 Å². The molecule has 3 rings (SSSR count). The first kappa shape index (κ1) is 22.5. The molecule has 2 heterocycles. The quantitative estimate of drug-likeness (QED) is 0.507. The average Bonchev–Trinajstić information content (AvgIpc) is 3.02. The summed E-state index contributed by atoms with van der Waals surface area (Å²) in [4.78, 5) is 28.5. The van der Waals surface area contributed by atoms with Crippen molar-refractivity contribution in [2.24, 2.45) is 0 Å². The number of carbonyl (C=O) groups is 2. The summed E-state index contributed by atoms with van der Waals surface area (Å²) in [5.41, 5.74) is 1.03. The molecule has 0 unspecified atom stereocenters. The van der Waals surface area contributed by atoms with Gasteiger partial charge in [0.1, 0.15) is 10.5 Å². The molecular weight excluding hydrogens is 429 g/mol. The van der Waals surface area contributed by atoms with Gasteiger partial charge in [-0.25, -0.2) is 9.78 Å². The molecular formula is C21H21F3N4O2S. The number of benzene rings is 1. The van der Waals surface area contributed by atoms with Gasteiger partial charge in [0, 0.05) is 23.7 Å². The van der Waals surface area contributed by atoms with Gasteiger partial charge in [-0.15, -0.1) is 11.3 Å². The predicted molar refractivity (Wildman–Crippen MR) is 114 cm³/mol. The minimum absolute atomic E-state index is 0.0158. The molecule has 2 aromatic heterocycles. The van der Waals surface area contributed by atoms with Gasteiger partial charge >= 0.3 is 12.2 Å². The number of urea groups is 1. The first-order valence-electron chi connectivity index (χ1n) is 9.46. The maximum absolute atomic E-state index is 12.9.